The molecule has 0 radical (unpaired) electrons. The Morgan fingerprint density at radius 3 is 2.86 bits per heavy atom. The molecule has 0 amide bonds. The molecule has 1 atom stereocenters. The lowest BCUT2D eigenvalue weighted by Crippen LogP contribution is -2.26. The van der Waals surface area contributed by atoms with Crippen LogP contribution < -0.4 is 9.47 Å². The first-order chi connectivity index (χ1) is 10.2. The summed E-state index contributed by atoms with van der Waals surface area (Å²) in [5, 5.41) is 0. The van der Waals surface area contributed by atoms with E-state index in [9.17, 15) is 0 Å². The summed E-state index contributed by atoms with van der Waals surface area (Å²) in [6.07, 6.45) is 1.41. The van der Waals surface area contributed by atoms with Crippen LogP contribution in [0.2, 0.25) is 0 Å². The molecule has 1 fully saturated rings. The third-order valence-corrected chi connectivity index (χ3v) is 3.63. The van der Waals surface area contributed by atoms with Gasteiger partial charge >= 0.3 is 0 Å². The van der Waals surface area contributed by atoms with E-state index in [1.807, 2.05) is 38.1 Å². The molecule has 1 unspecified atom stereocenters. The number of hydrogen-bond acceptors (Lipinski definition) is 4. The van der Waals surface area contributed by atoms with Crippen molar-refractivity contribution in [1.29, 1.82) is 0 Å². The fourth-order valence-electron chi connectivity index (χ4n) is 2.69. The quantitative estimate of drug-likeness (QED) is 0.737. The minimum Gasteiger partial charge on any atom is -0.492 e. The molecular formula is C17H27NO3. The van der Waals surface area contributed by atoms with Crippen molar-refractivity contribution >= 4 is 0 Å². The lowest BCUT2D eigenvalue weighted by molar-refractivity contribution is 0.150. The zero-order valence-corrected chi connectivity index (χ0v) is 13.4. The molecule has 1 aromatic rings. The topological polar surface area (TPSA) is 30.9 Å². The van der Waals surface area contributed by atoms with E-state index in [0.29, 0.717) is 12.5 Å². The largest absolute Gasteiger partial charge is 0.492 e. The van der Waals surface area contributed by atoms with Crippen LogP contribution >= 0.6 is 0 Å². The molecule has 0 bridgehead atoms. The predicted molar refractivity (Wildman–Crippen MR) is 84.1 cm³/mol. The van der Waals surface area contributed by atoms with Crippen LogP contribution in [-0.2, 0) is 4.74 Å². The van der Waals surface area contributed by atoms with Crippen molar-refractivity contribution in [2.75, 3.05) is 40.0 Å². The van der Waals surface area contributed by atoms with Gasteiger partial charge in [-0.05, 0) is 44.9 Å². The smallest absolute Gasteiger partial charge is 0.123 e. The van der Waals surface area contributed by atoms with Gasteiger partial charge in [-0.1, -0.05) is 6.07 Å². The van der Waals surface area contributed by atoms with Crippen molar-refractivity contribution in [1.82, 2.24) is 4.90 Å². The summed E-state index contributed by atoms with van der Waals surface area (Å²) in [4.78, 5) is 2.44. The first kappa shape index (κ1) is 16.1. The number of methoxy groups -OCH3 is 1. The summed E-state index contributed by atoms with van der Waals surface area (Å²) in [6.45, 7) is 8.86. The minimum atomic E-state index is 0.183. The number of likely N-dealkylation sites (tertiary alicyclic amines) is 1. The normalized spacial score (nSPS) is 19.1. The second-order valence-corrected chi connectivity index (χ2v) is 5.90. The summed E-state index contributed by atoms with van der Waals surface area (Å²) in [6, 6.07) is 7.86. The van der Waals surface area contributed by atoms with Crippen molar-refractivity contribution in [3.63, 3.8) is 0 Å². The van der Waals surface area contributed by atoms with E-state index in [-0.39, 0.29) is 6.10 Å². The van der Waals surface area contributed by atoms with Gasteiger partial charge in [-0.15, -0.1) is 0 Å². The van der Waals surface area contributed by atoms with Gasteiger partial charge in [0, 0.05) is 26.3 Å². The van der Waals surface area contributed by atoms with E-state index in [1.165, 1.54) is 6.42 Å². The Kier molecular flexibility index (Phi) is 6.33. The average Bonchev–Trinajstić information content (AvgIpc) is 2.87. The summed E-state index contributed by atoms with van der Waals surface area (Å²) in [7, 11) is 1.78. The standard InChI is InChI=1S/C17H27NO3/c1-14(2)21-17-6-4-5-16(11-17)20-10-9-18-8-7-15(12-18)13-19-3/h4-6,11,14-15H,7-10,12-13H2,1-3H3. The molecule has 4 heteroatoms. The van der Waals surface area contributed by atoms with Gasteiger partial charge in [0.25, 0.3) is 0 Å². The lowest BCUT2D eigenvalue weighted by atomic mass is 10.1. The molecule has 0 aliphatic carbocycles. The van der Waals surface area contributed by atoms with Crippen LogP contribution in [0.1, 0.15) is 20.3 Å². The monoisotopic (exact) mass is 293 g/mol. The van der Waals surface area contributed by atoms with Gasteiger partial charge in [0.2, 0.25) is 0 Å². The maximum absolute atomic E-state index is 5.83. The Hall–Kier alpha value is -1.26. The summed E-state index contributed by atoms with van der Waals surface area (Å²) in [5.74, 6) is 2.42. The Bertz CT molecular complexity index is 422. The summed E-state index contributed by atoms with van der Waals surface area (Å²) < 4.78 is 16.7. The first-order valence-electron chi connectivity index (χ1n) is 7.78. The Morgan fingerprint density at radius 2 is 2.10 bits per heavy atom. The van der Waals surface area contributed by atoms with Crippen molar-refractivity contribution in [3.8, 4) is 11.5 Å². The Balaban J connectivity index is 1.71. The van der Waals surface area contributed by atoms with E-state index in [0.717, 1.165) is 37.7 Å². The van der Waals surface area contributed by atoms with Crippen LogP contribution in [-0.4, -0.2) is 51.0 Å². The maximum Gasteiger partial charge on any atom is 0.123 e. The molecular weight excluding hydrogens is 266 g/mol. The van der Waals surface area contributed by atoms with Crippen molar-refractivity contribution in [2.24, 2.45) is 5.92 Å². The van der Waals surface area contributed by atoms with Crippen LogP contribution in [0, 0.1) is 5.92 Å². The second-order valence-electron chi connectivity index (χ2n) is 5.90. The highest BCUT2D eigenvalue weighted by molar-refractivity contribution is 5.33. The molecule has 1 aliphatic rings. The van der Waals surface area contributed by atoms with Gasteiger partial charge < -0.3 is 14.2 Å². The van der Waals surface area contributed by atoms with Crippen LogP contribution in [0.15, 0.2) is 24.3 Å². The van der Waals surface area contributed by atoms with Gasteiger partial charge in [0.05, 0.1) is 12.7 Å². The van der Waals surface area contributed by atoms with Gasteiger partial charge in [-0.3, -0.25) is 4.90 Å². The molecule has 1 aromatic carbocycles. The van der Waals surface area contributed by atoms with E-state index < -0.39 is 0 Å². The third kappa shape index (κ3) is 5.56. The summed E-state index contributed by atoms with van der Waals surface area (Å²) >= 11 is 0. The van der Waals surface area contributed by atoms with E-state index in [1.54, 1.807) is 7.11 Å². The van der Waals surface area contributed by atoms with Gasteiger partial charge in [0.15, 0.2) is 0 Å². The van der Waals surface area contributed by atoms with Gasteiger partial charge in [0.1, 0.15) is 18.1 Å². The molecule has 0 N–H and O–H groups in total. The van der Waals surface area contributed by atoms with Crippen molar-refractivity contribution in [2.45, 2.75) is 26.4 Å². The van der Waals surface area contributed by atoms with E-state index >= 15 is 0 Å². The second kappa shape index (κ2) is 8.25. The molecule has 0 saturated carbocycles. The molecule has 1 saturated heterocycles. The molecule has 21 heavy (non-hydrogen) atoms. The Morgan fingerprint density at radius 1 is 1.29 bits per heavy atom. The highest BCUT2D eigenvalue weighted by atomic mass is 16.5. The third-order valence-electron chi connectivity index (χ3n) is 3.63. The van der Waals surface area contributed by atoms with E-state index in [4.69, 9.17) is 14.2 Å². The number of nitrogens with zero attached hydrogens (tertiary/aromatic N) is 1. The van der Waals surface area contributed by atoms with Crippen molar-refractivity contribution in [3.05, 3.63) is 24.3 Å². The van der Waals surface area contributed by atoms with Gasteiger partial charge in [-0.25, -0.2) is 0 Å². The van der Waals surface area contributed by atoms with Crippen molar-refractivity contribution < 1.29 is 14.2 Å². The molecule has 1 aliphatic heterocycles. The Labute approximate surface area is 128 Å². The molecule has 2 rings (SSSR count). The molecule has 4 nitrogen and oxygen atoms in total. The average molecular weight is 293 g/mol. The van der Waals surface area contributed by atoms with Crippen LogP contribution in [0.4, 0.5) is 0 Å². The van der Waals surface area contributed by atoms with Crippen LogP contribution in [0.5, 0.6) is 11.5 Å². The fraction of sp³-hybridized carbons (Fsp3) is 0.647. The number of ether oxygens (including phenoxy) is 3. The predicted octanol–water partition coefficient (Wildman–Crippen LogP) is 2.82. The zero-order valence-electron chi connectivity index (χ0n) is 13.4. The lowest BCUT2D eigenvalue weighted by Gasteiger charge is -2.16. The molecule has 118 valence electrons. The van der Waals surface area contributed by atoms with E-state index in [2.05, 4.69) is 4.90 Å². The molecule has 0 aromatic heterocycles. The van der Waals surface area contributed by atoms with Gasteiger partial charge in [-0.2, -0.15) is 0 Å². The highest BCUT2D eigenvalue weighted by Gasteiger charge is 2.21. The highest BCUT2D eigenvalue weighted by Crippen LogP contribution is 2.21. The number of rotatable bonds is 8. The number of benzene rings is 1. The zero-order chi connectivity index (χ0) is 15.1. The fourth-order valence-corrected chi connectivity index (χ4v) is 2.69. The molecule has 0 spiro atoms. The maximum atomic E-state index is 5.83. The summed E-state index contributed by atoms with van der Waals surface area (Å²) in [5.41, 5.74) is 0. The van der Waals surface area contributed by atoms with Crippen LogP contribution in [0.25, 0.3) is 0 Å². The van der Waals surface area contributed by atoms with Crippen LogP contribution in [0.3, 0.4) is 0 Å². The number of hydrogen-bond donors (Lipinski definition) is 0. The minimum absolute atomic E-state index is 0.183. The first-order valence-corrected chi connectivity index (χ1v) is 7.78. The SMILES string of the molecule is COCC1CCN(CCOc2cccc(OC(C)C)c2)C1. The molecule has 1 heterocycles.